The molecule has 0 unspecified atom stereocenters. The zero-order chi connectivity index (χ0) is 15.4. The molecule has 3 nitrogen and oxygen atoms in total. The van der Waals surface area contributed by atoms with Gasteiger partial charge in [0.1, 0.15) is 0 Å². The Kier molecular flexibility index (Phi) is 5.51. The summed E-state index contributed by atoms with van der Waals surface area (Å²) in [5.74, 6) is -0.171. The summed E-state index contributed by atoms with van der Waals surface area (Å²) < 4.78 is 0.844. The van der Waals surface area contributed by atoms with Gasteiger partial charge in [0, 0.05) is 9.50 Å². The van der Waals surface area contributed by atoms with Crippen molar-refractivity contribution >= 4 is 56.4 Å². The van der Waals surface area contributed by atoms with Crippen molar-refractivity contribution in [3.63, 3.8) is 0 Å². The van der Waals surface area contributed by atoms with Crippen molar-refractivity contribution in [2.24, 2.45) is 0 Å². The summed E-state index contributed by atoms with van der Waals surface area (Å²) in [5.41, 5.74) is 2.47. The number of carbonyl (C=O) groups is 1. The highest BCUT2D eigenvalue weighted by atomic mass is 79.9. The highest BCUT2D eigenvalue weighted by Gasteiger charge is 2.07. The summed E-state index contributed by atoms with van der Waals surface area (Å²) in [5, 5.41) is 6.85. The summed E-state index contributed by atoms with van der Waals surface area (Å²) >= 11 is 15.3. The molecule has 0 aromatic heterocycles. The van der Waals surface area contributed by atoms with Crippen molar-refractivity contribution in [3.8, 4) is 0 Å². The van der Waals surface area contributed by atoms with Gasteiger partial charge < -0.3 is 10.6 Å². The molecule has 0 saturated heterocycles. The van der Waals surface area contributed by atoms with E-state index >= 15 is 0 Å². The number of aryl methyl sites for hydroxylation is 1. The Labute approximate surface area is 141 Å². The molecule has 0 bridgehead atoms. The fourth-order valence-electron chi connectivity index (χ4n) is 1.72. The monoisotopic (exact) mass is 386 g/mol. The average Bonchev–Trinajstić information content (AvgIpc) is 2.43. The van der Waals surface area contributed by atoms with Gasteiger partial charge in [0.25, 0.3) is 0 Å². The molecule has 0 aliphatic heterocycles. The minimum Gasteiger partial charge on any atom is -0.375 e. The minimum absolute atomic E-state index is 0.0976. The first-order chi connectivity index (χ1) is 9.95. The summed E-state index contributed by atoms with van der Waals surface area (Å²) in [7, 11) is 0. The second kappa shape index (κ2) is 7.16. The maximum absolute atomic E-state index is 11.9. The molecule has 0 aliphatic rings. The number of anilines is 2. The third kappa shape index (κ3) is 4.63. The Hall–Kier alpha value is -1.23. The first-order valence-corrected chi connectivity index (χ1v) is 7.75. The van der Waals surface area contributed by atoms with Crippen LogP contribution in [0.2, 0.25) is 10.0 Å². The molecule has 0 atom stereocenters. The largest absolute Gasteiger partial charge is 0.375 e. The van der Waals surface area contributed by atoms with Gasteiger partial charge in [0.05, 0.1) is 22.9 Å². The van der Waals surface area contributed by atoms with Gasteiger partial charge in [0.2, 0.25) is 5.91 Å². The molecule has 0 aliphatic carbocycles. The first-order valence-electron chi connectivity index (χ1n) is 6.20. The van der Waals surface area contributed by atoms with Crippen LogP contribution < -0.4 is 10.6 Å². The molecule has 0 heterocycles. The van der Waals surface area contributed by atoms with E-state index in [1.54, 1.807) is 18.2 Å². The molecular formula is C15H13BrCl2N2O. The van der Waals surface area contributed by atoms with Crippen molar-refractivity contribution in [1.29, 1.82) is 0 Å². The van der Waals surface area contributed by atoms with E-state index in [9.17, 15) is 4.79 Å². The number of benzene rings is 2. The Morgan fingerprint density at radius 1 is 1.14 bits per heavy atom. The molecular weight excluding hydrogens is 375 g/mol. The van der Waals surface area contributed by atoms with Gasteiger partial charge >= 0.3 is 0 Å². The van der Waals surface area contributed by atoms with Crippen LogP contribution in [-0.4, -0.2) is 12.5 Å². The molecule has 2 aromatic carbocycles. The third-order valence-corrected chi connectivity index (χ3v) is 3.99. The summed E-state index contributed by atoms with van der Waals surface area (Å²) in [4.78, 5) is 11.9. The predicted octanol–water partition coefficient (Wildman–Crippen LogP) is 5.11. The molecule has 2 aromatic rings. The van der Waals surface area contributed by atoms with Crippen molar-refractivity contribution in [3.05, 3.63) is 56.5 Å². The number of rotatable bonds is 4. The van der Waals surface area contributed by atoms with Crippen LogP contribution in [0, 0.1) is 6.92 Å². The van der Waals surface area contributed by atoms with Crippen molar-refractivity contribution < 1.29 is 4.79 Å². The smallest absolute Gasteiger partial charge is 0.243 e. The van der Waals surface area contributed by atoms with Gasteiger partial charge in [-0.3, -0.25) is 4.79 Å². The molecule has 0 saturated carbocycles. The summed E-state index contributed by atoms with van der Waals surface area (Å²) in [6.07, 6.45) is 0. The van der Waals surface area contributed by atoms with Crippen molar-refractivity contribution in [1.82, 2.24) is 0 Å². The highest BCUT2D eigenvalue weighted by molar-refractivity contribution is 9.10. The quantitative estimate of drug-likeness (QED) is 0.764. The van der Waals surface area contributed by atoms with Crippen molar-refractivity contribution in [2.75, 3.05) is 17.2 Å². The molecule has 110 valence electrons. The molecule has 0 fully saturated rings. The number of carbonyl (C=O) groups excluding carboxylic acids is 1. The number of amides is 1. The fourth-order valence-corrected chi connectivity index (χ4v) is 2.67. The predicted molar refractivity (Wildman–Crippen MR) is 92.5 cm³/mol. The van der Waals surface area contributed by atoms with Gasteiger partial charge in [-0.25, -0.2) is 0 Å². The molecule has 0 spiro atoms. The topological polar surface area (TPSA) is 41.1 Å². The first kappa shape index (κ1) is 16.1. The summed E-state index contributed by atoms with van der Waals surface area (Å²) in [6, 6.07) is 10.8. The van der Waals surface area contributed by atoms with Crippen LogP contribution in [0.4, 0.5) is 11.4 Å². The van der Waals surface area contributed by atoms with Crippen LogP contribution in [0.15, 0.2) is 40.9 Å². The molecule has 2 rings (SSSR count). The number of hydrogen-bond acceptors (Lipinski definition) is 2. The van der Waals surface area contributed by atoms with E-state index in [1.807, 2.05) is 25.1 Å². The number of halogens is 3. The number of hydrogen-bond donors (Lipinski definition) is 2. The Morgan fingerprint density at radius 2 is 1.90 bits per heavy atom. The highest BCUT2D eigenvalue weighted by Crippen LogP contribution is 2.26. The van der Waals surface area contributed by atoms with Crippen LogP contribution in [-0.2, 0) is 4.79 Å². The molecule has 6 heteroatoms. The van der Waals surface area contributed by atoms with Gasteiger partial charge in [-0.15, -0.1) is 0 Å². The Morgan fingerprint density at radius 3 is 2.62 bits per heavy atom. The van der Waals surface area contributed by atoms with E-state index in [1.165, 1.54) is 0 Å². The lowest BCUT2D eigenvalue weighted by Crippen LogP contribution is -2.22. The van der Waals surface area contributed by atoms with Gasteiger partial charge in [-0.05, 0) is 58.7 Å². The third-order valence-electron chi connectivity index (χ3n) is 2.77. The van der Waals surface area contributed by atoms with Crippen LogP contribution in [0.25, 0.3) is 0 Å². The van der Waals surface area contributed by atoms with Crippen LogP contribution in [0.3, 0.4) is 0 Å². The zero-order valence-electron chi connectivity index (χ0n) is 11.2. The molecule has 1 amide bonds. The van der Waals surface area contributed by atoms with E-state index in [-0.39, 0.29) is 12.5 Å². The van der Waals surface area contributed by atoms with E-state index < -0.39 is 0 Å². The van der Waals surface area contributed by atoms with E-state index in [0.29, 0.717) is 15.7 Å². The Balaban J connectivity index is 1.97. The fraction of sp³-hybridized carbons (Fsp3) is 0.133. The number of nitrogens with one attached hydrogen (secondary N) is 2. The van der Waals surface area contributed by atoms with Crippen LogP contribution in [0.1, 0.15) is 5.56 Å². The zero-order valence-corrected chi connectivity index (χ0v) is 14.3. The lowest BCUT2D eigenvalue weighted by molar-refractivity contribution is -0.114. The molecule has 2 N–H and O–H groups in total. The summed E-state index contributed by atoms with van der Waals surface area (Å²) in [6.45, 7) is 2.08. The van der Waals surface area contributed by atoms with Crippen LogP contribution >= 0.6 is 39.1 Å². The molecule has 0 radical (unpaired) electrons. The lowest BCUT2D eigenvalue weighted by Gasteiger charge is -2.11. The van der Waals surface area contributed by atoms with E-state index in [2.05, 4.69) is 26.6 Å². The molecule has 21 heavy (non-hydrogen) atoms. The standard InChI is InChI=1S/C15H13BrCl2N2O/c1-9-2-5-13(11(16)6-9)20-15(21)8-19-14-7-10(17)3-4-12(14)18/h2-7,19H,8H2,1H3,(H,20,21). The SMILES string of the molecule is Cc1ccc(NC(=O)CNc2cc(Cl)ccc2Cl)c(Br)c1. The van der Waals surface area contributed by atoms with Crippen LogP contribution in [0.5, 0.6) is 0 Å². The lowest BCUT2D eigenvalue weighted by atomic mass is 10.2. The van der Waals surface area contributed by atoms with Gasteiger partial charge in [0.15, 0.2) is 0 Å². The normalized spacial score (nSPS) is 10.3. The Bertz CT molecular complexity index is 677. The van der Waals surface area contributed by atoms with Crippen molar-refractivity contribution in [2.45, 2.75) is 6.92 Å². The average molecular weight is 388 g/mol. The second-order valence-electron chi connectivity index (χ2n) is 4.51. The maximum Gasteiger partial charge on any atom is 0.243 e. The van der Waals surface area contributed by atoms with Gasteiger partial charge in [-0.2, -0.15) is 0 Å². The van der Waals surface area contributed by atoms with E-state index in [4.69, 9.17) is 23.2 Å². The second-order valence-corrected chi connectivity index (χ2v) is 6.21. The van der Waals surface area contributed by atoms with Gasteiger partial charge in [-0.1, -0.05) is 29.3 Å². The van der Waals surface area contributed by atoms with E-state index in [0.717, 1.165) is 15.7 Å². The minimum atomic E-state index is -0.171. The maximum atomic E-state index is 11.9.